The number of methoxy groups -OCH3 is 2. The highest BCUT2D eigenvalue weighted by Gasteiger charge is 2.43. The Labute approximate surface area is 343 Å². The van der Waals surface area contributed by atoms with Crippen LogP contribution >= 0.6 is 0 Å². The number of ether oxygens (including phenoxy) is 6. The van der Waals surface area contributed by atoms with Crippen LogP contribution in [0.4, 0.5) is 11.4 Å². The number of aliphatic hydroxyl groups is 2. The molecule has 2 fully saturated rings. The number of amides is 2. The van der Waals surface area contributed by atoms with Crippen molar-refractivity contribution in [1.29, 1.82) is 0 Å². The highest BCUT2D eigenvalue weighted by Crippen LogP contribution is 2.39. The van der Waals surface area contributed by atoms with E-state index in [4.69, 9.17) is 28.4 Å². The molecule has 5 rings (SSSR count). The Morgan fingerprint density at radius 3 is 1.67 bits per heavy atom. The summed E-state index contributed by atoms with van der Waals surface area (Å²) in [6, 6.07) is 11.2. The van der Waals surface area contributed by atoms with Gasteiger partial charge in [-0.15, -0.1) is 0 Å². The lowest BCUT2D eigenvalue weighted by Gasteiger charge is -2.23. The second kappa shape index (κ2) is 20.4. The molecule has 0 bridgehead atoms. The largest absolute Gasteiger partial charge is 0.493 e. The van der Waals surface area contributed by atoms with E-state index in [1.54, 1.807) is 31.2 Å². The van der Waals surface area contributed by atoms with Crippen LogP contribution in [0.15, 0.2) is 54.6 Å². The van der Waals surface area contributed by atoms with Crippen LogP contribution in [0.1, 0.15) is 65.3 Å². The summed E-state index contributed by atoms with van der Waals surface area (Å²) in [7, 11) is 2.43. The third kappa shape index (κ3) is 10.5. The maximum atomic E-state index is 13.7. The van der Waals surface area contributed by atoms with Crippen molar-refractivity contribution in [2.24, 2.45) is 0 Å². The van der Waals surface area contributed by atoms with Crippen LogP contribution in [0.25, 0.3) is 0 Å². The van der Waals surface area contributed by atoms with Crippen molar-refractivity contribution in [3.8, 4) is 23.0 Å². The van der Waals surface area contributed by atoms with E-state index < -0.39 is 69.3 Å². The average molecular weight is 839 g/mol. The Balaban J connectivity index is 1.25. The Morgan fingerprint density at radius 2 is 1.18 bits per heavy atom. The number of rotatable bonds is 19. The first kappa shape index (κ1) is 44.6. The molecule has 2 saturated heterocycles. The molecule has 2 N–H and O–H groups in total. The van der Waals surface area contributed by atoms with Gasteiger partial charge in [0, 0.05) is 38.1 Å². The SMILES string of the molecule is CCOC(=O)[C@@H]1C[C@@H](O)CN1C(=O)c1cc(OC)c(OCCCCCOc2cc([N+](=O)[O-])c(C(=O)N3C[C@H](O)C[C@H]3C(=O)OC)cc2OCc2ccccc2)cc1[N+](=O)[O-]. The van der Waals surface area contributed by atoms with Crippen molar-refractivity contribution in [3.63, 3.8) is 0 Å². The van der Waals surface area contributed by atoms with Gasteiger partial charge in [0.1, 0.15) is 29.8 Å². The van der Waals surface area contributed by atoms with Crippen LogP contribution in [-0.4, -0.2) is 125 Å². The maximum absolute atomic E-state index is 13.7. The smallest absolute Gasteiger partial charge is 0.328 e. The van der Waals surface area contributed by atoms with Gasteiger partial charge in [0.2, 0.25) is 0 Å². The number of esters is 2. The molecule has 0 radical (unpaired) electrons. The van der Waals surface area contributed by atoms with E-state index in [1.807, 2.05) is 6.07 Å². The van der Waals surface area contributed by atoms with Gasteiger partial charge in [-0.1, -0.05) is 30.3 Å². The number of carbonyl (C=O) groups is 4. The molecule has 20 heteroatoms. The van der Waals surface area contributed by atoms with Gasteiger partial charge in [-0.2, -0.15) is 0 Å². The van der Waals surface area contributed by atoms with Crippen molar-refractivity contribution in [1.82, 2.24) is 9.80 Å². The number of carbonyl (C=O) groups excluding carboxylic acids is 4. The summed E-state index contributed by atoms with van der Waals surface area (Å²) in [5.41, 5.74) is -1.18. The fourth-order valence-corrected chi connectivity index (χ4v) is 6.93. The molecule has 2 heterocycles. The molecule has 0 aliphatic carbocycles. The number of nitro groups is 2. The minimum absolute atomic E-state index is 0.0103. The van der Waals surface area contributed by atoms with Gasteiger partial charge in [0.15, 0.2) is 23.0 Å². The third-order valence-electron chi connectivity index (χ3n) is 9.85. The molecule has 3 aromatic rings. The summed E-state index contributed by atoms with van der Waals surface area (Å²) in [6.07, 6.45) is -0.912. The van der Waals surface area contributed by atoms with E-state index >= 15 is 0 Å². The quantitative estimate of drug-likeness (QED) is 0.0756. The monoisotopic (exact) mass is 838 g/mol. The van der Waals surface area contributed by atoms with Crippen molar-refractivity contribution >= 4 is 35.1 Å². The first-order valence-electron chi connectivity index (χ1n) is 19.1. The molecule has 4 atom stereocenters. The van der Waals surface area contributed by atoms with Crippen LogP contribution in [0.2, 0.25) is 0 Å². The lowest BCUT2D eigenvalue weighted by molar-refractivity contribution is -0.385. The Kier molecular flexibility index (Phi) is 15.2. The zero-order chi connectivity index (χ0) is 43.5. The van der Waals surface area contributed by atoms with E-state index in [-0.39, 0.29) is 86.5 Å². The zero-order valence-electron chi connectivity index (χ0n) is 33.2. The van der Waals surface area contributed by atoms with Gasteiger partial charge >= 0.3 is 11.9 Å². The molecule has 2 amide bonds. The molecule has 0 unspecified atom stereocenters. The van der Waals surface area contributed by atoms with Gasteiger partial charge in [0.05, 0.1) is 68.2 Å². The molecular formula is C40H46N4O16. The topological polar surface area (TPSA) is 257 Å². The summed E-state index contributed by atoms with van der Waals surface area (Å²) >= 11 is 0. The van der Waals surface area contributed by atoms with Crippen molar-refractivity contribution in [2.75, 3.05) is 47.1 Å². The second-order valence-electron chi connectivity index (χ2n) is 13.9. The van der Waals surface area contributed by atoms with Gasteiger partial charge in [-0.05, 0) is 31.7 Å². The van der Waals surface area contributed by atoms with E-state index in [0.717, 1.165) is 40.7 Å². The van der Waals surface area contributed by atoms with Gasteiger partial charge < -0.3 is 48.4 Å². The first-order chi connectivity index (χ1) is 28.8. The molecule has 322 valence electrons. The third-order valence-corrected chi connectivity index (χ3v) is 9.85. The second-order valence-corrected chi connectivity index (χ2v) is 13.9. The molecule has 60 heavy (non-hydrogen) atoms. The fraction of sp³-hybridized carbons (Fsp3) is 0.450. The number of aliphatic hydroxyl groups excluding tert-OH is 2. The molecular weight excluding hydrogens is 792 g/mol. The maximum Gasteiger partial charge on any atom is 0.328 e. The minimum atomic E-state index is -1.15. The Bertz CT molecular complexity index is 2060. The number of likely N-dealkylation sites (tertiary alicyclic amines) is 2. The molecule has 0 spiro atoms. The Morgan fingerprint density at radius 1 is 0.700 bits per heavy atom. The molecule has 20 nitrogen and oxygen atoms in total. The van der Waals surface area contributed by atoms with Gasteiger partial charge in [-0.25, -0.2) is 9.59 Å². The molecule has 0 saturated carbocycles. The van der Waals surface area contributed by atoms with E-state index in [0.29, 0.717) is 19.3 Å². The number of nitro benzene ring substituents is 2. The number of nitrogens with zero attached hydrogens (tertiary/aromatic N) is 4. The standard InChI is InChI=1S/C40H46N4O16/c1-4-57-40(50)32-16-26(46)22-42(32)37(47)27-17-33(55-2)35(19-29(27)43(51)52)58-13-9-6-10-14-59-36-20-30(44(53)54)28(18-34(36)60-23-24-11-7-5-8-12-24)38(48)41-21-25(45)15-31(41)39(49)56-3/h5,7-8,11-12,17-20,25-26,31-32,45-46H,4,6,9-10,13-16,21-23H2,1-3H3/t25-,26-,31+,32+/m1/s1. The van der Waals surface area contributed by atoms with Crippen molar-refractivity contribution in [3.05, 3.63) is 91.5 Å². The van der Waals surface area contributed by atoms with Crippen LogP contribution in [0.3, 0.4) is 0 Å². The molecule has 2 aliphatic heterocycles. The molecule has 3 aromatic carbocycles. The number of hydrogen-bond acceptors (Lipinski definition) is 16. The summed E-state index contributed by atoms with van der Waals surface area (Å²) in [5, 5.41) is 44.8. The summed E-state index contributed by atoms with van der Waals surface area (Å²) in [5.74, 6) is -3.22. The van der Waals surface area contributed by atoms with Crippen LogP contribution in [0, 0.1) is 20.2 Å². The highest BCUT2D eigenvalue weighted by molar-refractivity contribution is 6.02. The summed E-state index contributed by atoms with van der Waals surface area (Å²) < 4.78 is 33.0. The van der Waals surface area contributed by atoms with Crippen LogP contribution in [-0.2, 0) is 25.7 Å². The first-order valence-corrected chi connectivity index (χ1v) is 19.1. The predicted molar refractivity (Wildman–Crippen MR) is 208 cm³/mol. The normalized spacial score (nSPS) is 18.4. The van der Waals surface area contributed by atoms with Crippen LogP contribution in [0.5, 0.6) is 23.0 Å². The number of unbranched alkanes of at least 4 members (excludes halogenated alkanes) is 2. The zero-order valence-corrected chi connectivity index (χ0v) is 33.2. The van der Waals surface area contributed by atoms with Crippen molar-refractivity contribution < 1.29 is 67.7 Å². The lowest BCUT2D eigenvalue weighted by Crippen LogP contribution is -2.41. The number of benzene rings is 3. The Hall–Kier alpha value is -6.54. The number of β-amino-alcohol motifs (C(OH)–C–C–N with tert-alkyl or cyclic N) is 2. The highest BCUT2D eigenvalue weighted by atomic mass is 16.6. The van der Waals surface area contributed by atoms with Crippen molar-refractivity contribution in [2.45, 2.75) is 69.9 Å². The molecule has 0 aromatic heterocycles. The minimum Gasteiger partial charge on any atom is -0.493 e. The predicted octanol–water partition coefficient (Wildman–Crippen LogP) is 3.61. The number of hydrogen-bond donors (Lipinski definition) is 2. The summed E-state index contributed by atoms with van der Waals surface area (Å²) in [4.78, 5) is 77.1. The van der Waals surface area contributed by atoms with E-state index in [2.05, 4.69) is 0 Å². The fourth-order valence-electron chi connectivity index (χ4n) is 6.93. The van der Waals surface area contributed by atoms with Gasteiger partial charge in [0.25, 0.3) is 23.2 Å². The van der Waals surface area contributed by atoms with Gasteiger partial charge in [-0.3, -0.25) is 29.8 Å². The van der Waals surface area contributed by atoms with E-state index in [1.165, 1.54) is 13.2 Å². The van der Waals surface area contributed by atoms with Crippen LogP contribution < -0.4 is 18.9 Å². The lowest BCUT2D eigenvalue weighted by atomic mass is 10.1. The summed E-state index contributed by atoms with van der Waals surface area (Å²) in [6.45, 7) is 1.32. The molecule has 2 aliphatic rings. The van der Waals surface area contributed by atoms with E-state index in [9.17, 15) is 49.6 Å². The average Bonchev–Trinajstić information content (AvgIpc) is 3.84.